The molecule has 0 bridgehead atoms. The molecule has 0 aromatic carbocycles. The van der Waals surface area contributed by atoms with Crippen LogP contribution in [0.15, 0.2) is 41.1 Å². The first-order valence-electron chi connectivity index (χ1n) is 8.59. The molecule has 0 radical (unpaired) electrons. The van der Waals surface area contributed by atoms with E-state index in [1.165, 1.54) is 0 Å². The van der Waals surface area contributed by atoms with E-state index < -0.39 is 0 Å². The lowest BCUT2D eigenvalue weighted by atomic mass is 10.2. The molecule has 1 aliphatic rings. The lowest BCUT2D eigenvalue weighted by Gasteiger charge is -2.17. The van der Waals surface area contributed by atoms with Crippen molar-refractivity contribution in [3.63, 3.8) is 0 Å². The van der Waals surface area contributed by atoms with E-state index in [4.69, 9.17) is 9.15 Å². The highest BCUT2D eigenvalue weighted by Gasteiger charge is 2.23. The number of ether oxygens (including phenoxy) is 1. The molecule has 25 heavy (non-hydrogen) atoms. The molecule has 0 unspecified atom stereocenters. The van der Waals surface area contributed by atoms with Crippen LogP contribution in [0.2, 0.25) is 0 Å². The zero-order chi connectivity index (χ0) is 17.5. The van der Waals surface area contributed by atoms with Crippen molar-refractivity contribution in [3.05, 3.63) is 48.0 Å². The van der Waals surface area contributed by atoms with E-state index in [0.717, 1.165) is 37.4 Å². The number of rotatable bonds is 7. The van der Waals surface area contributed by atoms with Crippen LogP contribution in [0.3, 0.4) is 0 Å². The van der Waals surface area contributed by atoms with Gasteiger partial charge in [0.15, 0.2) is 0 Å². The van der Waals surface area contributed by atoms with Crippen LogP contribution in [0.25, 0.3) is 0 Å². The molecular weight excluding hydrogens is 320 g/mol. The maximum atomic E-state index is 12.0. The van der Waals surface area contributed by atoms with Gasteiger partial charge in [-0.3, -0.25) is 4.90 Å². The number of carbonyl (C=O) groups is 1. The smallest absolute Gasteiger partial charge is 0.315 e. The summed E-state index contributed by atoms with van der Waals surface area (Å²) in [5.41, 5.74) is 1.14. The normalized spacial score (nSPS) is 17.4. The van der Waals surface area contributed by atoms with Gasteiger partial charge in [-0.1, -0.05) is 6.07 Å². The van der Waals surface area contributed by atoms with Crippen LogP contribution in [0, 0.1) is 0 Å². The van der Waals surface area contributed by atoms with Crippen molar-refractivity contribution in [2.45, 2.75) is 32.5 Å². The summed E-state index contributed by atoms with van der Waals surface area (Å²) in [6.07, 6.45) is 4.39. The van der Waals surface area contributed by atoms with Gasteiger partial charge in [-0.15, -0.1) is 0 Å². The fraction of sp³-hybridized carbons (Fsp3) is 0.444. The van der Waals surface area contributed by atoms with E-state index in [1.807, 2.05) is 31.3 Å². The number of carbonyl (C=O) groups excluding carboxylic acids is 1. The zero-order valence-electron chi connectivity index (χ0n) is 14.4. The number of aromatic nitrogens is 1. The van der Waals surface area contributed by atoms with Crippen LogP contribution < -0.4 is 15.4 Å². The quantitative estimate of drug-likeness (QED) is 0.804. The van der Waals surface area contributed by atoms with E-state index in [1.54, 1.807) is 12.3 Å². The lowest BCUT2D eigenvalue weighted by molar-refractivity contribution is 0.234. The van der Waals surface area contributed by atoms with Crippen LogP contribution in [-0.4, -0.2) is 41.7 Å². The second-order valence-corrected chi connectivity index (χ2v) is 6.06. The van der Waals surface area contributed by atoms with Crippen molar-refractivity contribution >= 4 is 6.03 Å². The van der Waals surface area contributed by atoms with Crippen LogP contribution in [0.5, 0.6) is 5.88 Å². The standard InChI is InChI=1S/C18H24N4O3/c1-2-24-17-6-5-14(10-19-17)12-22-8-7-15(13-22)21-18(23)20-11-16-4-3-9-25-16/h3-6,9-10,15H,2,7-8,11-13H2,1H3,(H2,20,21,23)/t15-/m1/s1. The molecule has 0 aliphatic carbocycles. The molecule has 2 N–H and O–H groups in total. The number of nitrogens with zero attached hydrogens (tertiary/aromatic N) is 2. The van der Waals surface area contributed by atoms with Gasteiger partial charge in [-0.05, 0) is 31.0 Å². The predicted octanol–water partition coefficient (Wildman–Crippen LogP) is 2.15. The third kappa shape index (κ3) is 5.22. The average molecular weight is 344 g/mol. The Labute approximate surface area is 147 Å². The van der Waals surface area contributed by atoms with Crippen molar-refractivity contribution < 1.29 is 13.9 Å². The third-order valence-electron chi connectivity index (χ3n) is 4.11. The van der Waals surface area contributed by atoms with E-state index >= 15 is 0 Å². The Morgan fingerprint density at radius 2 is 2.36 bits per heavy atom. The summed E-state index contributed by atoms with van der Waals surface area (Å²) in [5, 5.41) is 5.82. The zero-order valence-corrected chi connectivity index (χ0v) is 14.4. The highest BCUT2D eigenvalue weighted by atomic mass is 16.5. The van der Waals surface area contributed by atoms with Gasteiger partial charge < -0.3 is 19.8 Å². The van der Waals surface area contributed by atoms with Crippen LogP contribution in [0.4, 0.5) is 4.79 Å². The second kappa shape index (κ2) is 8.53. The Kier molecular flexibility index (Phi) is 5.90. The molecule has 0 spiro atoms. The Morgan fingerprint density at radius 3 is 3.08 bits per heavy atom. The minimum atomic E-state index is -0.161. The molecule has 134 valence electrons. The molecule has 1 aliphatic heterocycles. The summed E-state index contributed by atoms with van der Waals surface area (Å²) in [5.74, 6) is 1.40. The van der Waals surface area contributed by atoms with Gasteiger partial charge in [0.05, 0.1) is 19.4 Å². The Bertz CT molecular complexity index is 657. The van der Waals surface area contributed by atoms with Crippen molar-refractivity contribution in [2.24, 2.45) is 0 Å². The summed E-state index contributed by atoms with van der Waals surface area (Å²) in [4.78, 5) is 18.6. The number of urea groups is 1. The highest BCUT2D eigenvalue weighted by Crippen LogP contribution is 2.15. The van der Waals surface area contributed by atoms with Crippen molar-refractivity contribution in [2.75, 3.05) is 19.7 Å². The van der Waals surface area contributed by atoms with Gasteiger partial charge in [-0.25, -0.2) is 9.78 Å². The maximum absolute atomic E-state index is 12.0. The SMILES string of the molecule is CCOc1ccc(CN2CC[C@@H](NC(=O)NCc3ccco3)C2)cn1. The Balaban J connectivity index is 1.39. The molecule has 3 heterocycles. The van der Waals surface area contributed by atoms with E-state index in [-0.39, 0.29) is 12.1 Å². The largest absolute Gasteiger partial charge is 0.478 e. The van der Waals surface area contributed by atoms with Crippen molar-refractivity contribution in [3.8, 4) is 5.88 Å². The molecule has 1 fully saturated rings. The number of pyridine rings is 1. The van der Waals surface area contributed by atoms with Gasteiger partial charge in [0, 0.05) is 37.9 Å². The first-order valence-corrected chi connectivity index (χ1v) is 8.59. The minimum Gasteiger partial charge on any atom is -0.478 e. The summed E-state index contributed by atoms with van der Waals surface area (Å²) >= 11 is 0. The molecule has 3 rings (SSSR count). The average Bonchev–Trinajstić information content (AvgIpc) is 3.27. The van der Waals surface area contributed by atoms with Gasteiger partial charge in [0.1, 0.15) is 5.76 Å². The number of furan rings is 1. The van der Waals surface area contributed by atoms with E-state index in [0.29, 0.717) is 19.0 Å². The van der Waals surface area contributed by atoms with Crippen molar-refractivity contribution in [1.29, 1.82) is 0 Å². The first kappa shape index (κ1) is 17.3. The summed E-state index contributed by atoms with van der Waals surface area (Å²) in [7, 11) is 0. The van der Waals surface area contributed by atoms with Gasteiger partial charge in [0.2, 0.25) is 5.88 Å². The van der Waals surface area contributed by atoms with Gasteiger partial charge in [0.25, 0.3) is 0 Å². The van der Waals surface area contributed by atoms with Crippen LogP contribution >= 0.6 is 0 Å². The van der Waals surface area contributed by atoms with E-state index in [9.17, 15) is 4.79 Å². The molecule has 1 saturated heterocycles. The maximum Gasteiger partial charge on any atom is 0.315 e. The molecule has 0 saturated carbocycles. The second-order valence-electron chi connectivity index (χ2n) is 6.06. The van der Waals surface area contributed by atoms with Crippen molar-refractivity contribution in [1.82, 2.24) is 20.5 Å². The van der Waals surface area contributed by atoms with Crippen LogP contribution in [0.1, 0.15) is 24.7 Å². The molecule has 2 amide bonds. The van der Waals surface area contributed by atoms with Gasteiger partial charge in [-0.2, -0.15) is 0 Å². The number of hydrogen-bond acceptors (Lipinski definition) is 5. The molecule has 7 heteroatoms. The third-order valence-corrected chi connectivity index (χ3v) is 4.11. The molecule has 2 aromatic rings. The lowest BCUT2D eigenvalue weighted by Crippen LogP contribution is -2.43. The fourth-order valence-corrected chi connectivity index (χ4v) is 2.91. The molecule has 2 aromatic heterocycles. The summed E-state index contributed by atoms with van der Waals surface area (Å²) < 4.78 is 10.6. The summed E-state index contributed by atoms with van der Waals surface area (Å²) in [6.45, 7) is 5.57. The van der Waals surface area contributed by atoms with Gasteiger partial charge >= 0.3 is 6.03 Å². The number of amides is 2. The molecule has 1 atom stereocenters. The Morgan fingerprint density at radius 1 is 1.44 bits per heavy atom. The first-order chi connectivity index (χ1) is 12.2. The number of likely N-dealkylation sites (tertiary alicyclic amines) is 1. The molecular formula is C18H24N4O3. The summed E-state index contributed by atoms with van der Waals surface area (Å²) in [6, 6.07) is 7.57. The number of hydrogen-bond donors (Lipinski definition) is 2. The van der Waals surface area contributed by atoms with E-state index in [2.05, 4.69) is 20.5 Å². The minimum absolute atomic E-state index is 0.159. The monoisotopic (exact) mass is 344 g/mol. The Hall–Kier alpha value is -2.54. The molecule has 7 nitrogen and oxygen atoms in total. The fourth-order valence-electron chi connectivity index (χ4n) is 2.91. The van der Waals surface area contributed by atoms with Crippen LogP contribution in [-0.2, 0) is 13.1 Å². The highest BCUT2D eigenvalue weighted by molar-refractivity contribution is 5.74. The predicted molar refractivity (Wildman–Crippen MR) is 93.2 cm³/mol. The topological polar surface area (TPSA) is 79.6 Å². The number of nitrogens with one attached hydrogen (secondary N) is 2.